The Hall–Kier alpha value is -0.830. The summed E-state index contributed by atoms with van der Waals surface area (Å²) in [6.45, 7) is 4.87. The predicted molar refractivity (Wildman–Crippen MR) is 92.2 cm³/mol. The van der Waals surface area contributed by atoms with Crippen LogP contribution in [0.15, 0.2) is 16.8 Å². The first kappa shape index (κ1) is 15.7. The van der Waals surface area contributed by atoms with Crippen molar-refractivity contribution in [1.82, 2.24) is 0 Å². The van der Waals surface area contributed by atoms with Crippen LogP contribution in [0.4, 0.5) is 0 Å². The monoisotopic (exact) mass is 317 g/mol. The van der Waals surface area contributed by atoms with E-state index in [4.69, 9.17) is 4.84 Å². The van der Waals surface area contributed by atoms with E-state index in [9.17, 15) is 5.11 Å². The molecule has 3 fully saturated rings. The molecule has 4 aliphatic rings. The fourth-order valence-corrected chi connectivity index (χ4v) is 6.73. The van der Waals surface area contributed by atoms with Crippen LogP contribution in [0.25, 0.3) is 0 Å². The number of allylic oxidation sites excluding steroid dienone is 2. The van der Waals surface area contributed by atoms with Crippen LogP contribution in [0.2, 0.25) is 0 Å². The molecule has 0 aromatic carbocycles. The predicted octanol–water partition coefficient (Wildman–Crippen LogP) is 4.31. The minimum Gasteiger partial charge on any atom is -0.399 e. The van der Waals surface area contributed by atoms with Gasteiger partial charge in [0, 0.05) is 0 Å². The van der Waals surface area contributed by atoms with Gasteiger partial charge in [0.2, 0.25) is 0 Å². The van der Waals surface area contributed by atoms with Gasteiger partial charge in [0.1, 0.15) is 7.11 Å². The van der Waals surface area contributed by atoms with Crippen molar-refractivity contribution in [3.63, 3.8) is 0 Å². The van der Waals surface area contributed by atoms with Gasteiger partial charge >= 0.3 is 0 Å². The number of nitrogens with zero attached hydrogens (tertiary/aromatic N) is 1. The van der Waals surface area contributed by atoms with E-state index in [2.05, 4.69) is 25.1 Å². The van der Waals surface area contributed by atoms with Gasteiger partial charge in [-0.3, -0.25) is 0 Å². The van der Waals surface area contributed by atoms with Crippen molar-refractivity contribution < 1.29 is 9.94 Å². The summed E-state index contributed by atoms with van der Waals surface area (Å²) in [5, 5.41) is 14.7. The fraction of sp³-hybridized carbons (Fsp3) is 0.850. The highest BCUT2D eigenvalue weighted by Crippen LogP contribution is 2.65. The van der Waals surface area contributed by atoms with E-state index in [1.54, 1.807) is 12.7 Å². The number of rotatable bonds is 1. The van der Waals surface area contributed by atoms with Gasteiger partial charge in [-0.2, -0.15) is 0 Å². The van der Waals surface area contributed by atoms with Crippen LogP contribution < -0.4 is 0 Å². The average Bonchev–Trinajstić information content (AvgIpc) is 2.84. The third-order valence-electron chi connectivity index (χ3n) is 8.14. The molecule has 128 valence electrons. The van der Waals surface area contributed by atoms with Crippen molar-refractivity contribution in [1.29, 1.82) is 0 Å². The van der Waals surface area contributed by atoms with Gasteiger partial charge in [0.15, 0.2) is 0 Å². The molecule has 23 heavy (non-hydrogen) atoms. The van der Waals surface area contributed by atoms with E-state index >= 15 is 0 Å². The Morgan fingerprint density at radius 2 is 1.91 bits per heavy atom. The molecule has 0 heterocycles. The van der Waals surface area contributed by atoms with Crippen molar-refractivity contribution in [3.05, 3.63) is 11.6 Å². The van der Waals surface area contributed by atoms with Crippen molar-refractivity contribution >= 4 is 5.71 Å². The standard InChI is InChI=1S/C20H31NO2/c1-19-10-8-14(21-23-3)12-13(19)4-5-15-16-6-7-18(22)20(16,2)11-9-17(15)19/h12,15-18,22H,4-11H2,1-3H3/b21-14-/t15-,16-,17-,18-,19-,20-/m0/s1. The molecule has 0 aromatic rings. The van der Waals surface area contributed by atoms with Crippen molar-refractivity contribution in [3.8, 4) is 0 Å². The van der Waals surface area contributed by atoms with Crippen LogP contribution >= 0.6 is 0 Å². The van der Waals surface area contributed by atoms with Gasteiger partial charge in [-0.25, -0.2) is 0 Å². The second kappa shape index (κ2) is 5.34. The van der Waals surface area contributed by atoms with E-state index in [0.29, 0.717) is 5.41 Å². The van der Waals surface area contributed by atoms with Crippen LogP contribution in [0, 0.1) is 28.6 Å². The SMILES string of the molecule is CO/N=C1\C=C2CC[C@H]3[C@@H]4CC[C@H](O)[C@@]4(C)CC[C@@H]3[C@@]2(C)CC1. The molecule has 4 aliphatic carbocycles. The molecule has 0 unspecified atom stereocenters. The molecule has 3 heteroatoms. The highest BCUT2D eigenvalue weighted by atomic mass is 16.6. The maximum absolute atomic E-state index is 10.5. The number of hydrogen-bond donors (Lipinski definition) is 1. The zero-order valence-electron chi connectivity index (χ0n) is 14.8. The van der Waals surface area contributed by atoms with Crippen molar-refractivity contribution in [2.24, 2.45) is 33.7 Å². The Bertz CT molecular complexity index is 554. The molecule has 0 aromatic heterocycles. The molecular weight excluding hydrogens is 286 g/mol. The Kier molecular flexibility index (Phi) is 3.64. The second-order valence-corrected chi connectivity index (χ2v) is 8.91. The Balaban J connectivity index is 1.65. The van der Waals surface area contributed by atoms with Crippen molar-refractivity contribution in [2.75, 3.05) is 7.11 Å². The fourth-order valence-electron chi connectivity index (χ4n) is 6.73. The first-order valence-corrected chi connectivity index (χ1v) is 9.48. The highest BCUT2D eigenvalue weighted by molar-refractivity contribution is 5.96. The van der Waals surface area contributed by atoms with Crippen LogP contribution in [-0.4, -0.2) is 24.0 Å². The molecule has 0 spiro atoms. The molecule has 3 nitrogen and oxygen atoms in total. The summed E-state index contributed by atoms with van der Waals surface area (Å²) in [6, 6.07) is 0. The van der Waals surface area contributed by atoms with Crippen molar-refractivity contribution in [2.45, 2.75) is 71.3 Å². The molecule has 0 amide bonds. The number of aliphatic hydroxyl groups excluding tert-OH is 1. The van der Waals surface area contributed by atoms with E-state index in [1.807, 2.05) is 0 Å². The number of oxime groups is 1. The first-order valence-electron chi connectivity index (χ1n) is 9.48. The van der Waals surface area contributed by atoms with E-state index in [0.717, 1.165) is 36.3 Å². The Morgan fingerprint density at radius 3 is 2.70 bits per heavy atom. The van der Waals surface area contributed by atoms with Gasteiger partial charge in [-0.1, -0.05) is 24.6 Å². The van der Waals surface area contributed by atoms with Gasteiger partial charge in [0.25, 0.3) is 0 Å². The lowest BCUT2D eigenvalue weighted by atomic mass is 9.47. The number of hydrogen-bond acceptors (Lipinski definition) is 3. The van der Waals surface area contributed by atoms with E-state index in [-0.39, 0.29) is 11.5 Å². The van der Waals surface area contributed by atoms with Crippen LogP contribution in [0.1, 0.15) is 65.2 Å². The maximum atomic E-state index is 10.5. The third kappa shape index (κ3) is 2.15. The maximum Gasteiger partial charge on any atom is 0.106 e. The lowest BCUT2D eigenvalue weighted by molar-refractivity contribution is -0.0722. The number of aliphatic hydroxyl groups is 1. The summed E-state index contributed by atoms with van der Waals surface area (Å²) in [6.07, 6.45) is 11.8. The lowest BCUT2D eigenvalue weighted by Gasteiger charge is -2.57. The molecule has 4 rings (SSSR count). The molecule has 0 saturated heterocycles. The topological polar surface area (TPSA) is 41.8 Å². The summed E-state index contributed by atoms with van der Waals surface area (Å²) < 4.78 is 0. The second-order valence-electron chi connectivity index (χ2n) is 8.91. The number of fused-ring (bicyclic) bond motifs is 5. The minimum absolute atomic E-state index is 0.0648. The van der Waals surface area contributed by atoms with Gasteiger partial charge in [0.05, 0.1) is 11.8 Å². The van der Waals surface area contributed by atoms with Gasteiger partial charge < -0.3 is 9.94 Å². The molecular formula is C20H31NO2. The first-order chi connectivity index (χ1) is 11.0. The summed E-state index contributed by atoms with van der Waals surface area (Å²) >= 11 is 0. The molecule has 0 aliphatic heterocycles. The third-order valence-corrected chi connectivity index (χ3v) is 8.14. The molecule has 1 N–H and O–H groups in total. The van der Waals surface area contributed by atoms with Crippen LogP contribution in [0.3, 0.4) is 0 Å². The normalized spacial score (nSPS) is 50.8. The van der Waals surface area contributed by atoms with Crippen LogP contribution in [0.5, 0.6) is 0 Å². The largest absolute Gasteiger partial charge is 0.399 e. The minimum atomic E-state index is -0.0648. The average molecular weight is 317 g/mol. The molecule has 3 saturated carbocycles. The van der Waals surface area contributed by atoms with Gasteiger partial charge in [-0.05, 0) is 86.0 Å². The smallest absolute Gasteiger partial charge is 0.106 e. The Morgan fingerprint density at radius 1 is 1.09 bits per heavy atom. The summed E-state index contributed by atoms with van der Waals surface area (Å²) in [5.74, 6) is 2.35. The quantitative estimate of drug-likeness (QED) is 0.732. The van der Waals surface area contributed by atoms with Crippen LogP contribution in [-0.2, 0) is 4.84 Å². The summed E-state index contributed by atoms with van der Waals surface area (Å²) in [4.78, 5) is 5.00. The van der Waals surface area contributed by atoms with E-state index in [1.165, 1.54) is 38.5 Å². The lowest BCUT2D eigenvalue weighted by Crippen LogP contribution is -2.51. The van der Waals surface area contributed by atoms with Gasteiger partial charge in [-0.15, -0.1) is 0 Å². The van der Waals surface area contributed by atoms with E-state index < -0.39 is 0 Å². The zero-order valence-corrected chi connectivity index (χ0v) is 14.8. The summed E-state index contributed by atoms with van der Waals surface area (Å²) in [5.41, 5.74) is 3.28. The summed E-state index contributed by atoms with van der Waals surface area (Å²) in [7, 11) is 1.64. The molecule has 0 bridgehead atoms. The highest BCUT2D eigenvalue weighted by Gasteiger charge is 2.58. The Labute approximate surface area is 140 Å². The zero-order chi connectivity index (χ0) is 16.2. The molecule has 0 radical (unpaired) electrons. The molecule has 6 atom stereocenters.